The summed E-state index contributed by atoms with van der Waals surface area (Å²) in [6, 6.07) is -5.05. The van der Waals surface area contributed by atoms with Crippen molar-refractivity contribution in [3.05, 3.63) is 0 Å². The molecule has 13 heteroatoms. The maximum atomic E-state index is 12.8. The summed E-state index contributed by atoms with van der Waals surface area (Å²) in [5, 5.41) is 33.8. The molecule has 172 valence electrons. The van der Waals surface area contributed by atoms with Crippen LogP contribution in [0, 0.1) is 5.92 Å². The van der Waals surface area contributed by atoms with Gasteiger partial charge < -0.3 is 37.0 Å². The lowest BCUT2D eigenvalue weighted by Gasteiger charge is -2.27. The Labute approximate surface area is 179 Å². The summed E-state index contributed by atoms with van der Waals surface area (Å²) in [4.78, 5) is 59.1. The first-order chi connectivity index (χ1) is 14.0. The smallest absolute Gasteiger partial charge is 0.328 e. The summed E-state index contributed by atoms with van der Waals surface area (Å²) >= 11 is 3.93. The molecule has 0 aliphatic carbocycles. The molecule has 30 heavy (non-hydrogen) atoms. The van der Waals surface area contributed by atoms with E-state index in [1.807, 2.05) is 5.32 Å². The molecule has 3 amide bonds. The van der Waals surface area contributed by atoms with E-state index in [9.17, 15) is 24.0 Å². The Hall–Kier alpha value is -2.38. The van der Waals surface area contributed by atoms with E-state index in [-0.39, 0.29) is 18.1 Å². The van der Waals surface area contributed by atoms with Crippen LogP contribution < -0.4 is 21.7 Å². The van der Waals surface area contributed by atoms with Crippen molar-refractivity contribution in [1.82, 2.24) is 16.0 Å². The maximum absolute atomic E-state index is 12.8. The third kappa shape index (κ3) is 9.41. The Morgan fingerprint density at radius 1 is 0.967 bits per heavy atom. The van der Waals surface area contributed by atoms with Gasteiger partial charge in [-0.25, -0.2) is 4.79 Å². The topological polar surface area (TPSA) is 208 Å². The van der Waals surface area contributed by atoms with Crippen molar-refractivity contribution in [3.8, 4) is 0 Å². The molecule has 8 N–H and O–H groups in total. The number of hydrogen-bond donors (Lipinski definition) is 8. The molecule has 0 aromatic heterocycles. The molecule has 0 aromatic carbocycles. The van der Waals surface area contributed by atoms with E-state index in [1.54, 1.807) is 13.8 Å². The lowest BCUT2D eigenvalue weighted by atomic mass is 9.97. The molecule has 0 heterocycles. The molecule has 0 aliphatic rings. The van der Waals surface area contributed by atoms with E-state index in [0.29, 0.717) is 6.42 Å². The van der Waals surface area contributed by atoms with Gasteiger partial charge in [-0.05, 0) is 12.3 Å². The van der Waals surface area contributed by atoms with E-state index in [1.165, 1.54) is 0 Å². The van der Waals surface area contributed by atoms with Gasteiger partial charge >= 0.3 is 11.9 Å². The van der Waals surface area contributed by atoms with Crippen molar-refractivity contribution < 1.29 is 39.3 Å². The lowest BCUT2D eigenvalue weighted by molar-refractivity contribution is -0.144. The minimum Gasteiger partial charge on any atom is -0.481 e. The lowest BCUT2D eigenvalue weighted by Crippen LogP contribution is -2.59. The van der Waals surface area contributed by atoms with Gasteiger partial charge in [0.05, 0.1) is 12.6 Å². The second kappa shape index (κ2) is 13.8. The van der Waals surface area contributed by atoms with Gasteiger partial charge in [-0.15, -0.1) is 0 Å². The van der Waals surface area contributed by atoms with Crippen molar-refractivity contribution >= 4 is 42.3 Å². The fraction of sp³-hybridized carbons (Fsp3) is 0.706. The van der Waals surface area contributed by atoms with Gasteiger partial charge in [0.2, 0.25) is 17.7 Å². The Morgan fingerprint density at radius 3 is 1.97 bits per heavy atom. The van der Waals surface area contributed by atoms with Crippen LogP contribution in [0.25, 0.3) is 0 Å². The van der Waals surface area contributed by atoms with Crippen LogP contribution in [0.3, 0.4) is 0 Å². The highest BCUT2D eigenvalue weighted by Crippen LogP contribution is 2.10. The number of aliphatic hydroxyl groups is 1. The monoisotopic (exact) mass is 450 g/mol. The molecule has 5 atom stereocenters. The highest BCUT2D eigenvalue weighted by molar-refractivity contribution is 7.80. The average Bonchev–Trinajstić information content (AvgIpc) is 2.70. The summed E-state index contributed by atoms with van der Waals surface area (Å²) in [6.45, 7) is 2.58. The van der Waals surface area contributed by atoms with Gasteiger partial charge in [0.25, 0.3) is 0 Å². The van der Waals surface area contributed by atoms with E-state index >= 15 is 0 Å². The number of nitrogens with two attached hydrogens (primary N) is 1. The molecule has 12 nitrogen and oxygen atoms in total. The molecule has 0 saturated heterocycles. The summed E-state index contributed by atoms with van der Waals surface area (Å²) in [6.07, 6.45) is -0.325. The summed E-state index contributed by atoms with van der Waals surface area (Å²) < 4.78 is 0. The zero-order valence-corrected chi connectivity index (χ0v) is 17.7. The molecule has 0 rings (SSSR count). The number of carboxylic acid groups (broad SMARTS) is 2. The first kappa shape index (κ1) is 27.6. The van der Waals surface area contributed by atoms with Crippen molar-refractivity contribution in [1.29, 1.82) is 0 Å². The molecule has 5 unspecified atom stereocenters. The van der Waals surface area contributed by atoms with Crippen LogP contribution in [0.2, 0.25) is 0 Å². The zero-order valence-electron chi connectivity index (χ0n) is 16.8. The number of amides is 3. The maximum Gasteiger partial charge on any atom is 0.328 e. The second-order valence-corrected chi connectivity index (χ2v) is 7.10. The van der Waals surface area contributed by atoms with Gasteiger partial charge in [0.1, 0.15) is 18.1 Å². The van der Waals surface area contributed by atoms with Crippen molar-refractivity contribution in [2.45, 2.75) is 57.3 Å². The van der Waals surface area contributed by atoms with Crippen molar-refractivity contribution in [3.63, 3.8) is 0 Å². The fourth-order valence-electron chi connectivity index (χ4n) is 2.30. The van der Waals surface area contributed by atoms with Gasteiger partial charge in [0, 0.05) is 12.2 Å². The van der Waals surface area contributed by atoms with Crippen LogP contribution in [0.1, 0.15) is 33.1 Å². The van der Waals surface area contributed by atoms with Crippen molar-refractivity contribution in [2.75, 3.05) is 12.4 Å². The van der Waals surface area contributed by atoms with Crippen LogP contribution in [-0.4, -0.2) is 81.5 Å². The van der Waals surface area contributed by atoms with Crippen LogP contribution >= 0.6 is 12.6 Å². The third-order valence-electron chi connectivity index (χ3n) is 4.40. The Morgan fingerprint density at radius 2 is 1.53 bits per heavy atom. The number of carbonyl (C=O) groups excluding carboxylic acids is 3. The SMILES string of the molecule is CCC(C)C(NC(=O)C(N)CS)C(=O)NC(CCC(=O)O)C(=O)NC(CO)C(=O)O. The van der Waals surface area contributed by atoms with Crippen LogP contribution in [0.4, 0.5) is 0 Å². The Bertz CT molecular complexity index is 633. The average molecular weight is 451 g/mol. The van der Waals surface area contributed by atoms with Crippen LogP contribution in [0.5, 0.6) is 0 Å². The van der Waals surface area contributed by atoms with E-state index in [2.05, 4.69) is 23.3 Å². The molecule has 0 radical (unpaired) electrons. The number of rotatable bonds is 14. The Balaban J connectivity index is 5.49. The molecule has 0 fully saturated rings. The normalized spacial score (nSPS) is 15.8. The third-order valence-corrected chi connectivity index (χ3v) is 4.80. The molecule has 0 bridgehead atoms. The minimum atomic E-state index is -1.62. The number of carboxylic acids is 2. The van der Waals surface area contributed by atoms with E-state index in [4.69, 9.17) is 21.1 Å². The predicted molar refractivity (Wildman–Crippen MR) is 109 cm³/mol. The summed E-state index contributed by atoms with van der Waals surface area (Å²) in [7, 11) is 0. The minimum absolute atomic E-state index is 0.0437. The highest BCUT2D eigenvalue weighted by atomic mass is 32.1. The quantitative estimate of drug-likeness (QED) is 0.133. The van der Waals surface area contributed by atoms with Gasteiger partial charge in [-0.3, -0.25) is 19.2 Å². The number of hydrogen-bond acceptors (Lipinski definition) is 8. The van der Waals surface area contributed by atoms with Gasteiger partial charge in [-0.1, -0.05) is 20.3 Å². The summed E-state index contributed by atoms with van der Waals surface area (Å²) in [5.74, 6) is -5.40. The number of aliphatic hydroxyl groups excluding tert-OH is 1. The first-order valence-corrected chi connectivity index (χ1v) is 9.94. The zero-order chi connectivity index (χ0) is 23.4. The molecule has 0 aromatic rings. The first-order valence-electron chi connectivity index (χ1n) is 9.31. The van der Waals surface area contributed by atoms with Crippen molar-refractivity contribution in [2.24, 2.45) is 11.7 Å². The number of thiol groups is 1. The van der Waals surface area contributed by atoms with Gasteiger partial charge in [-0.2, -0.15) is 12.6 Å². The molecule has 0 saturated carbocycles. The molecular weight excluding hydrogens is 420 g/mol. The summed E-state index contributed by atoms with van der Waals surface area (Å²) in [5.41, 5.74) is 5.61. The fourth-order valence-corrected chi connectivity index (χ4v) is 2.47. The van der Waals surface area contributed by atoms with Crippen LogP contribution in [-0.2, 0) is 24.0 Å². The number of aliphatic carboxylic acids is 2. The van der Waals surface area contributed by atoms with Crippen LogP contribution in [0.15, 0.2) is 0 Å². The molecular formula is C17H30N4O8S. The van der Waals surface area contributed by atoms with E-state index < -0.39 is 66.9 Å². The second-order valence-electron chi connectivity index (χ2n) is 6.74. The largest absolute Gasteiger partial charge is 0.481 e. The number of carbonyl (C=O) groups is 5. The molecule has 0 aliphatic heterocycles. The Kier molecular flexibility index (Phi) is 12.7. The number of nitrogens with one attached hydrogen (secondary N) is 3. The van der Waals surface area contributed by atoms with Gasteiger partial charge in [0.15, 0.2) is 0 Å². The van der Waals surface area contributed by atoms with E-state index in [0.717, 1.165) is 0 Å². The highest BCUT2D eigenvalue weighted by Gasteiger charge is 2.32. The molecule has 0 spiro atoms. The predicted octanol–water partition coefficient (Wildman–Crippen LogP) is -2.31. The standard InChI is InChI=1S/C17H30N4O8S/c1-3-8(2)13(21-14(25)9(18)7-30)16(27)19-10(4-5-12(23)24)15(26)20-11(6-22)17(28)29/h8-11,13,22,30H,3-7,18H2,1-2H3,(H,19,27)(H,20,26)(H,21,25)(H,23,24)(H,28,29).